The molecule has 1 aliphatic carbocycles. The maximum absolute atomic E-state index is 13.9. The van der Waals surface area contributed by atoms with E-state index in [1.807, 2.05) is 45.5 Å². The number of para-hydroxylation sites is 2. The number of nitrogens with two attached hydrogens (primary N) is 1. The number of aromatic nitrogens is 3. The molecule has 33 heavy (non-hydrogen) atoms. The lowest BCUT2D eigenvalue weighted by Crippen LogP contribution is -2.29. The highest BCUT2D eigenvalue weighted by Crippen LogP contribution is 2.32. The molecule has 1 fully saturated rings. The maximum Gasteiger partial charge on any atom is 0.279 e. The molecule has 0 unspecified atom stereocenters. The van der Waals surface area contributed by atoms with Crippen LogP contribution in [-0.4, -0.2) is 33.7 Å². The van der Waals surface area contributed by atoms with Crippen LogP contribution in [0.2, 0.25) is 0 Å². The molecule has 0 spiro atoms. The van der Waals surface area contributed by atoms with E-state index in [0.29, 0.717) is 24.4 Å². The SMILES string of the molecule is COCCn1c(-c2nc3ccccc3n(C3CCCC3)c2=O)cc2cc(C(=O)NN)ccc21. The number of carbonyl (C=O) groups is 1. The number of fused-ring (bicyclic) bond motifs is 2. The number of hydrogen-bond donors (Lipinski definition) is 2. The number of hydrogen-bond acceptors (Lipinski definition) is 5. The van der Waals surface area contributed by atoms with Crippen LogP contribution in [0.25, 0.3) is 33.3 Å². The van der Waals surface area contributed by atoms with Crippen molar-refractivity contribution in [2.45, 2.75) is 38.3 Å². The smallest absolute Gasteiger partial charge is 0.279 e. The van der Waals surface area contributed by atoms with E-state index in [9.17, 15) is 9.59 Å². The van der Waals surface area contributed by atoms with Crippen molar-refractivity contribution in [3.63, 3.8) is 0 Å². The summed E-state index contributed by atoms with van der Waals surface area (Å²) in [5.74, 6) is 4.95. The van der Waals surface area contributed by atoms with Gasteiger partial charge in [-0.05, 0) is 49.2 Å². The van der Waals surface area contributed by atoms with E-state index in [4.69, 9.17) is 15.6 Å². The Morgan fingerprint density at radius 1 is 1.15 bits per heavy atom. The second-order valence-electron chi connectivity index (χ2n) is 8.48. The van der Waals surface area contributed by atoms with Crippen LogP contribution in [0.5, 0.6) is 0 Å². The van der Waals surface area contributed by atoms with E-state index >= 15 is 0 Å². The molecule has 3 N–H and O–H groups in total. The van der Waals surface area contributed by atoms with Gasteiger partial charge in [0.1, 0.15) is 0 Å². The zero-order valence-electron chi connectivity index (χ0n) is 18.6. The minimum Gasteiger partial charge on any atom is -0.383 e. The molecular weight excluding hydrogens is 418 g/mol. The number of nitrogens with zero attached hydrogens (tertiary/aromatic N) is 3. The Balaban J connectivity index is 1.77. The summed E-state index contributed by atoms with van der Waals surface area (Å²) in [6.07, 6.45) is 4.25. The van der Waals surface area contributed by atoms with Gasteiger partial charge >= 0.3 is 0 Å². The summed E-state index contributed by atoms with van der Waals surface area (Å²) >= 11 is 0. The van der Waals surface area contributed by atoms with Crippen molar-refractivity contribution in [3.8, 4) is 11.4 Å². The fraction of sp³-hybridized carbons (Fsp3) is 0.320. The van der Waals surface area contributed by atoms with Gasteiger partial charge in [0.05, 0.1) is 23.3 Å². The second kappa shape index (κ2) is 8.80. The number of methoxy groups -OCH3 is 1. The zero-order chi connectivity index (χ0) is 22.9. The van der Waals surface area contributed by atoms with E-state index in [1.54, 1.807) is 19.2 Å². The molecule has 2 aromatic heterocycles. The van der Waals surface area contributed by atoms with Gasteiger partial charge in [-0.25, -0.2) is 10.8 Å². The lowest BCUT2D eigenvalue weighted by molar-refractivity contribution is 0.0954. The van der Waals surface area contributed by atoms with Gasteiger partial charge in [-0.3, -0.25) is 15.0 Å². The van der Waals surface area contributed by atoms with Crippen LogP contribution in [0.1, 0.15) is 42.1 Å². The first-order valence-electron chi connectivity index (χ1n) is 11.3. The minimum atomic E-state index is -0.365. The van der Waals surface area contributed by atoms with Crippen molar-refractivity contribution in [1.29, 1.82) is 0 Å². The lowest BCUT2D eigenvalue weighted by atomic mass is 10.1. The molecule has 1 amide bonds. The van der Waals surface area contributed by atoms with E-state index in [0.717, 1.165) is 53.3 Å². The molecule has 1 aliphatic rings. The Morgan fingerprint density at radius 3 is 2.70 bits per heavy atom. The highest BCUT2D eigenvalue weighted by Gasteiger charge is 2.24. The number of benzene rings is 2. The monoisotopic (exact) mass is 445 g/mol. The Hall–Kier alpha value is -3.49. The van der Waals surface area contributed by atoms with E-state index in [2.05, 4.69) is 5.43 Å². The molecule has 170 valence electrons. The van der Waals surface area contributed by atoms with Gasteiger partial charge in [0.25, 0.3) is 11.5 Å². The standard InChI is InChI=1S/C25H27N5O3/c1-33-13-12-29-20-11-10-16(24(31)28-26)14-17(20)15-22(29)23-25(32)30(18-6-2-3-7-18)21-9-5-4-8-19(21)27-23/h4-5,8-11,14-15,18H,2-3,6-7,12-13,26H2,1H3,(H,28,31). The minimum absolute atomic E-state index is 0.0815. The largest absolute Gasteiger partial charge is 0.383 e. The Morgan fingerprint density at radius 2 is 1.94 bits per heavy atom. The van der Waals surface area contributed by atoms with Crippen molar-refractivity contribution < 1.29 is 9.53 Å². The summed E-state index contributed by atoms with van der Waals surface area (Å²) in [6.45, 7) is 1.03. The zero-order valence-corrected chi connectivity index (χ0v) is 18.6. The molecule has 2 heterocycles. The van der Waals surface area contributed by atoms with Gasteiger partial charge in [0, 0.05) is 36.2 Å². The van der Waals surface area contributed by atoms with Crippen LogP contribution in [0, 0.1) is 0 Å². The number of amides is 1. The first-order valence-corrected chi connectivity index (χ1v) is 11.3. The Bertz CT molecular complexity index is 1400. The average molecular weight is 446 g/mol. The third kappa shape index (κ3) is 3.71. The van der Waals surface area contributed by atoms with Crippen LogP contribution >= 0.6 is 0 Å². The predicted octanol–water partition coefficient (Wildman–Crippen LogP) is 3.38. The predicted molar refractivity (Wildman–Crippen MR) is 128 cm³/mol. The van der Waals surface area contributed by atoms with E-state index in [-0.39, 0.29) is 17.5 Å². The van der Waals surface area contributed by atoms with E-state index in [1.165, 1.54) is 0 Å². The van der Waals surface area contributed by atoms with Crippen molar-refractivity contribution in [3.05, 3.63) is 64.4 Å². The van der Waals surface area contributed by atoms with Crippen molar-refractivity contribution in [2.75, 3.05) is 13.7 Å². The van der Waals surface area contributed by atoms with Gasteiger partial charge in [-0.2, -0.15) is 0 Å². The first kappa shape index (κ1) is 21.4. The summed E-state index contributed by atoms with van der Waals surface area (Å²) in [7, 11) is 1.65. The fourth-order valence-corrected chi connectivity index (χ4v) is 4.96. The topological polar surface area (TPSA) is 104 Å². The molecule has 0 radical (unpaired) electrons. The molecule has 0 atom stereocenters. The van der Waals surface area contributed by atoms with Crippen molar-refractivity contribution >= 4 is 27.8 Å². The number of hydrazine groups is 1. The molecule has 5 rings (SSSR count). The average Bonchev–Trinajstić information content (AvgIpc) is 3.49. The maximum atomic E-state index is 13.9. The molecule has 0 bridgehead atoms. The third-order valence-corrected chi connectivity index (χ3v) is 6.54. The molecule has 0 saturated heterocycles. The van der Waals surface area contributed by atoms with Gasteiger partial charge < -0.3 is 13.9 Å². The summed E-state index contributed by atoms with van der Waals surface area (Å²) < 4.78 is 9.32. The first-order chi connectivity index (χ1) is 16.1. The number of nitrogen functional groups attached to an aromatic ring is 1. The quantitative estimate of drug-likeness (QED) is 0.269. The highest BCUT2D eigenvalue weighted by atomic mass is 16.5. The van der Waals surface area contributed by atoms with Gasteiger partial charge in [-0.1, -0.05) is 25.0 Å². The number of nitrogens with one attached hydrogen (secondary N) is 1. The van der Waals surface area contributed by atoms with Gasteiger partial charge in [0.15, 0.2) is 5.69 Å². The fourth-order valence-electron chi connectivity index (χ4n) is 4.96. The summed E-state index contributed by atoms with van der Waals surface area (Å²) in [5, 5.41) is 0.837. The summed E-state index contributed by atoms with van der Waals surface area (Å²) in [5.41, 5.74) is 6.25. The van der Waals surface area contributed by atoms with E-state index < -0.39 is 0 Å². The number of rotatable bonds is 6. The normalized spacial score (nSPS) is 14.4. The Labute approximate surface area is 190 Å². The Kier molecular flexibility index (Phi) is 5.70. The second-order valence-corrected chi connectivity index (χ2v) is 8.48. The number of carbonyl (C=O) groups excluding carboxylic acids is 1. The molecular formula is C25H27N5O3. The molecule has 8 nitrogen and oxygen atoms in total. The lowest BCUT2D eigenvalue weighted by Gasteiger charge is -2.18. The molecule has 8 heteroatoms. The molecule has 1 saturated carbocycles. The molecule has 2 aromatic carbocycles. The van der Waals surface area contributed by atoms with Crippen LogP contribution < -0.4 is 16.8 Å². The van der Waals surface area contributed by atoms with Crippen molar-refractivity contribution in [2.24, 2.45) is 5.84 Å². The summed E-state index contributed by atoms with van der Waals surface area (Å²) in [4.78, 5) is 30.7. The van der Waals surface area contributed by atoms with Crippen LogP contribution in [0.3, 0.4) is 0 Å². The molecule has 0 aliphatic heterocycles. The van der Waals surface area contributed by atoms with Crippen molar-refractivity contribution in [1.82, 2.24) is 19.5 Å². The van der Waals surface area contributed by atoms with Crippen LogP contribution in [0.15, 0.2) is 53.3 Å². The van der Waals surface area contributed by atoms with Crippen LogP contribution in [0.4, 0.5) is 0 Å². The highest BCUT2D eigenvalue weighted by molar-refractivity contribution is 5.99. The summed E-state index contributed by atoms with van der Waals surface area (Å²) in [6, 6.07) is 15.3. The van der Waals surface area contributed by atoms with Crippen LogP contribution in [-0.2, 0) is 11.3 Å². The molecule has 4 aromatic rings. The van der Waals surface area contributed by atoms with Gasteiger partial charge in [0.2, 0.25) is 0 Å². The van der Waals surface area contributed by atoms with Gasteiger partial charge in [-0.15, -0.1) is 0 Å². The number of ether oxygens (including phenoxy) is 1. The third-order valence-electron chi connectivity index (χ3n) is 6.54.